The summed E-state index contributed by atoms with van der Waals surface area (Å²) in [5.74, 6) is -1.27. The van der Waals surface area contributed by atoms with E-state index in [4.69, 9.17) is 10.2 Å². The van der Waals surface area contributed by atoms with Gasteiger partial charge in [0.1, 0.15) is 0 Å². The Labute approximate surface area is 112 Å². The molecule has 108 valence electrons. The van der Waals surface area contributed by atoms with Gasteiger partial charge < -0.3 is 20.8 Å². The molecule has 1 rings (SSSR count). The maximum atomic E-state index is 11.4. The van der Waals surface area contributed by atoms with E-state index in [2.05, 4.69) is 16.7 Å². The monoisotopic (exact) mass is 270 g/mol. The minimum atomic E-state index is -1.42. The van der Waals surface area contributed by atoms with E-state index in [1.807, 2.05) is 0 Å². The molecule has 0 radical (unpaired) electrons. The molecule has 0 heterocycles. The molecule has 0 spiro atoms. The summed E-state index contributed by atoms with van der Waals surface area (Å²) in [5, 5.41) is 22.7. The lowest BCUT2D eigenvalue weighted by Crippen LogP contribution is -2.38. The van der Waals surface area contributed by atoms with Crippen LogP contribution >= 0.6 is 0 Å². The largest absolute Gasteiger partial charge is 0.479 e. The lowest BCUT2D eigenvalue weighted by atomic mass is 9.97. The van der Waals surface area contributed by atoms with Crippen LogP contribution in [0.4, 0.5) is 4.79 Å². The second kappa shape index (κ2) is 8.53. The number of carbonyl (C=O) groups excluding carboxylic acids is 1. The van der Waals surface area contributed by atoms with Crippen molar-refractivity contribution in [3.63, 3.8) is 0 Å². The molecule has 0 aromatic heterocycles. The molecule has 1 aliphatic carbocycles. The molecule has 4 N–H and O–H groups in total. The molecule has 6 nitrogen and oxygen atoms in total. The van der Waals surface area contributed by atoms with E-state index in [9.17, 15) is 9.59 Å². The minimum Gasteiger partial charge on any atom is -0.479 e. The van der Waals surface area contributed by atoms with Crippen LogP contribution < -0.4 is 10.6 Å². The Morgan fingerprint density at radius 3 is 2.63 bits per heavy atom. The number of rotatable bonds is 7. The zero-order chi connectivity index (χ0) is 14.1. The average Bonchev–Trinajstić information content (AvgIpc) is 2.39. The highest BCUT2D eigenvalue weighted by Crippen LogP contribution is 2.19. The number of aliphatic hydroxyl groups is 1. The number of urea groups is 1. The topological polar surface area (TPSA) is 98.7 Å². The lowest BCUT2D eigenvalue weighted by molar-refractivity contribution is -0.146. The van der Waals surface area contributed by atoms with Crippen LogP contribution in [0.25, 0.3) is 0 Å². The summed E-state index contributed by atoms with van der Waals surface area (Å²) in [4.78, 5) is 21.7. The molecule has 0 fully saturated rings. The smallest absolute Gasteiger partial charge is 0.332 e. The van der Waals surface area contributed by atoms with Crippen LogP contribution in [0.1, 0.15) is 38.5 Å². The van der Waals surface area contributed by atoms with Gasteiger partial charge in [-0.1, -0.05) is 11.6 Å². The van der Waals surface area contributed by atoms with Gasteiger partial charge in [-0.25, -0.2) is 9.59 Å². The van der Waals surface area contributed by atoms with E-state index in [0.29, 0.717) is 6.54 Å². The Hall–Kier alpha value is -1.56. The third-order valence-electron chi connectivity index (χ3n) is 3.11. The van der Waals surface area contributed by atoms with Crippen molar-refractivity contribution in [2.45, 2.75) is 44.6 Å². The van der Waals surface area contributed by atoms with Crippen molar-refractivity contribution < 1.29 is 19.8 Å². The molecule has 6 heteroatoms. The highest BCUT2D eigenvalue weighted by atomic mass is 16.4. The van der Waals surface area contributed by atoms with Crippen LogP contribution in [0.2, 0.25) is 0 Å². The van der Waals surface area contributed by atoms with Crippen molar-refractivity contribution >= 4 is 12.0 Å². The number of hydrogen-bond acceptors (Lipinski definition) is 3. The number of aliphatic carboxylic acids is 1. The summed E-state index contributed by atoms with van der Waals surface area (Å²) in [7, 11) is 0. The summed E-state index contributed by atoms with van der Waals surface area (Å²) in [5.41, 5.74) is 1.40. The van der Waals surface area contributed by atoms with Crippen molar-refractivity contribution in [2.75, 3.05) is 13.1 Å². The van der Waals surface area contributed by atoms with Crippen molar-refractivity contribution in [3.05, 3.63) is 11.6 Å². The normalized spacial score (nSPS) is 16.4. The molecule has 0 bridgehead atoms. The standard InChI is InChI=1S/C13H22N2O4/c16-11(12(17)18)7-9-15-13(19)14-8-6-10-4-2-1-3-5-10/h4,11,16H,1-3,5-9H2,(H,17,18)(H2,14,15,19)/t11-/m0/s1. The van der Waals surface area contributed by atoms with Crippen LogP contribution in [0.5, 0.6) is 0 Å². The number of hydrogen-bond donors (Lipinski definition) is 4. The fraction of sp³-hybridized carbons (Fsp3) is 0.692. The second-order valence-corrected chi connectivity index (χ2v) is 4.68. The van der Waals surface area contributed by atoms with Gasteiger partial charge in [-0.3, -0.25) is 0 Å². The van der Waals surface area contributed by atoms with E-state index in [-0.39, 0.29) is 19.0 Å². The van der Waals surface area contributed by atoms with E-state index >= 15 is 0 Å². The molecule has 0 unspecified atom stereocenters. The first-order valence-corrected chi connectivity index (χ1v) is 6.70. The summed E-state index contributed by atoms with van der Waals surface area (Å²) < 4.78 is 0. The summed E-state index contributed by atoms with van der Waals surface area (Å²) in [6.45, 7) is 0.723. The van der Waals surface area contributed by atoms with E-state index in [1.54, 1.807) is 0 Å². The SMILES string of the molecule is O=C(NCCC1=CCCCC1)NCC[C@H](O)C(=O)O. The van der Waals surface area contributed by atoms with Gasteiger partial charge in [0.05, 0.1) is 0 Å². The average molecular weight is 270 g/mol. The van der Waals surface area contributed by atoms with E-state index in [0.717, 1.165) is 19.3 Å². The predicted molar refractivity (Wildman–Crippen MR) is 70.8 cm³/mol. The first kappa shape index (κ1) is 15.5. The van der Waals surface area contributed by atoms with Gasteiger partial charge in [0.15, 0.2) is 6.10 Å². The number of carboxylic acids is 1. The van der Waals surface area contributed by atoms with Gasteiger partial charge in [-0.2, -0.15) is 0 Å². The van der Waals surface area contributed by atoms with Crippen molar-refractivity contribution in [1.82, 2.24) is 10.6 Å². The molecular weight excluding hydrogens is 248 g/mol. The molecule has 19 heavy (non-hydrogen) atoms. The molecule has 1 aliphatic rings. The molecule has 1 atom stereocenters. The van der Waals surface area contributed by atoms with Gasteiger partial charge in [-0.15, -0.1) is 0 Å². The summed E-state index contributed by atoms with van der Waals surface area (Å²) in [6, 6.07) is -0.325. The van der Waals surface area contributed by atoms with Crippen LogP contribution in [0.3, 0.4) is 0 Å². The number of amides is 2. The zero-order valence-corrected chi connectivity index (χ0v) is 11.0. The van der Waals surface area contributed by atoms with Gasteiger partial charge in [0.2, 0.25) is 0 Å². The molecule has 0 aromatic rings. The highest BCUT2D eigenvalue weighted by Gasteiger charge is 2.12. The fourth-order valence-electron chi connectivity index (χ4n) is 1.98. The van der Waals surface area contributed by atoms with Crippen LogP contribution in [-0.4, -0.2) is 41.4 Å². The number of nitrogens with one attached hydrogen (secondary N) is 2. The van der Waals surface area contributed by atoms with Gasteiger partial charge in [0.25, 0.3) is 0 Å². The molecule has 0 aromatic carbocycles. The van der Waals surface area contributed by atoms with Crippen LogP contribution in [0, 0.1) is 0 Å². The second-order valence-electron chi connectivity index (χ2n) is 4.68. The van der Waals surface area contributed by atoms with Crippen LogP contribution in [-0.2, 0) is 4.79 Å². The number of carboxylic acid groups (broad SMARTS) is 1. The summed E-state index contributed by atoms with van der Waals surface area (Å²) in [6.07, 6.45) is 6.43. The van der Waals surface area contributed by atoms with Gasteiger partial charge in [0, 0.05) is 19.5 Å². The highest BCUT2D eigenvalue weighted by molar-refractivity contribution is 5.74. The lowest BCUT2D eigenvalue weighted by Gasteiger charge is -2.13. The van der Waals surface area contributed by atoms with E-state index < -0.39 is 12.1 Å². The van der Waals surface area contributed by atoms with E-state index in [1.165, 1.54) is 18.4 Å². The molecule has 0 saturated heterocycles. The molecule has 0 aliphatic heterocycles. The maximum Gasteiger partial charge on any atom is 0.332 e. The first-order chi connectivity index (χ1) is 9.09. The fourth-order valence-corrected chi connectivity index (χ4v) is 1.98. The molecule has 2 amide bonds. The third-order valence-corrected chi connectivity index (χ3v) is 3.11. The summed E-state index contributed by atoms with van der Waals surface area (Å²) >= 11 is 0. The predicted octanol–water partition coefficient (Wildman–Crippen LogP) is 1.01. The van der Waals surface area contributed by atoms with Crippen molar-refractivity contribution in [2.24, 2.45) is 0 Å². The molecular formula is C13H22N2O4. The van der Waals surface area contributed by atoms with Crippen molar-refractivity contribution in [1.29, 1.82) is 0 Å². The molecule has 0 saturated carbocycles. The Morgan fingerprint density at radius 1 is 1.26 bits per heavy atom. The Kier molecular flexibility index (Phi) is 6.95. The maximum absolute atomic E-state index is 11.4. The Bertz CT molecular complexity index is 342. The Morgan fingerprint density at radius 2 is 2.00 bits per heavy atom. The quantitative estimate of drug-likeness (QED) is 0.519. The van der Waals surface area contributed by atoms with Crippen molar-refractivity contribution in [3.8, 4) is 0 Å². The zero-order valence-electron chi connectivity index (χ0n) is 11.0. The van der Waals surface area contributed by atoms with Gasteiger partial charge in [-0.05, 0) is 32.1 Å². The minimum absolute atomic E-state index is 0.00784. The number of carbonyl (C=O) groups is 2. The first-order valence-electron chi connectivity index (χ1n) is 6.70. The third kappa shape index (κ3) is 6.81. The van der Waals surface area contributed by atoms with Crippen LogP contribution in [0.15, 0.2) is 11.6 Å². The number of aliphatic hydroxyl groups excluding tert-OH is 1. The van der Waals surface area contributed by atoms with Gasteiger partial charge >= 0.3 is 12.0 Å². The Balaban J connectivity index is 2.04. The number of allylic oxidation sites excluding steroid dienone is 1.